The number of rotatable bonds is 7. The van der Waals surface area contributed by atoms with Crippen molar-refractivity contribution in [3.8, 4) is 5.75 Å². The number of aliphatic carboxylic acids is 2. The monoisotopic (exact) mass is 317 g/mol. The number of ether oxygens (including phenoxy) is 1. The maximum absolute atomic E-state index is 11.1. The minimum absolute atomic E-state index is 0.00806. The highest BCUT2D eigenvalue weighted by Gasteiger charge is 2.40. The molecule has 0 radical (unpaired) electrons. The number of carbonyl (C=O) groups is 2. The van der Waals surface area contributed by atoms with Crippen molar-refractivity contribution in [3.63, 3.8) is 0 Å². The third kappa shape index (κ3) is 4.06. The van der Waals surface area contributed by atoms with E-state index in [1.165, 1.54) is 25.3 Å². The van der Waals surface area contributed by atoms with Gasteiger partial charge >= 0.3 is 11.9 Å². The molecule has 0 spiro atoms. The van der Waals surface area contributed by atoms with E-state index in [0.717, 1.165) is 0 Å². The predicted molar refractivity (Wildman–Crippen MR) is 71.4 cm³/mol. The second kappa shape index (κ2) is 6.89. The van der Waals surface area contributed by atoms with Crippen molar-refractivity contribution in [3.05, 3.63) is 38.9 Å². The number of hydrogen-bond donors (Lipinski definition) is 2. The lowest BCUT2D eigenvalue weighted by Gasteiger charge is -2.19. The zero-order valence-corrected chi connectivity index (χ0v) is 11.6. The SMILES string of the molecule is COc1ccc([C@H](C[N+](=O)[O-])C(C(=O)O)C(=O)O)c(Cl)c1. The molecule has 114 valence electrons. The number of carboxylic acid groups (broad SMARTS) is 2. The first-order valence-corrected chi connectivity index (χ1v) is 6.06. The molecule has 0 aliphatic heterocycles. The van der Waals surface area contributed by atoms with Crippen molar-refractivity contribution in [2.75, 3.05) is 13.7 Å². The summed E-state index contributed by atoms with van der Waals surface area (Å²) in [4.78, 5) is 32.1. The number of methoxy groups -OCH3 is 1. The minimum Gasteiger partial charge on any atom is -0.497 e. The van der Waals surface area contributed by atoms with Crippen LogP contribution in [0.1, 0.15) is 11.5 Å². The van der Waals surface area contributed by atoms with E-state index in [1.807, 2.05) is 0 Å². The zero-order valence-electron chi connectivity index (χ0n) is 10.9. The third-order valence-corrected chi connectivity index (χ3v) is 3.21. The molecule has 0 aromatic heterocycles. The highest BCUT2D eigenvalue weighted by molar-refractivity contribution is 6.31. The van der Waals surface area contributed by atoms with Crippen LogP contribution in [0.5, 0.6) is 5.75 Å². The van der Waals surface area contributed by atoms with E-state index in [2.05, 4.69) is 0 Å². The lowest BCUT2D eigenvalue weighted by molar-refractivity contribution is -0.484. The van der Waals surface area contributed by atoms with Gasteiger partial charge < -0.3 is 14.9 Å². The highest BCUT2D eigenvalue weighted by Crippen LogP contribution is 2.33. The fourth-order valence-electron chi connectivity index (χ4n) is 1.93. The van der Waals surface area contributed by atoms with Crippen molar-refractivity contribution in [1.29, 1.82) is 0 Å². The highest BCUT2D eigenvalue weighted by atomic mass is 35.5. The number of halogens is 1. The first-order valence-electron chi connectivity index (χ1n) is 5.68. The summed E-state index contributed by atoms with van der Waals surface area (Å²) in [6.45, 7) is -0.866. The van der Waals surface area contributed by atoms with E-state index in [4.69, 9.17) is 26.6 Å². The van der Waals surface area contributed by atoms with Gasteiger partial charge in [0.05, 0.1) is 13.0 Å². The summed E-state index contributed by atoms with van der Waals surface area (Å²) < 4.78 is 4.92. The third-order valence-electron chi connectivity index (χ3n) is 2.89. The molecule has 1 aromatic rings. The Morgan fingerprint density at radius 3 is 2.33 bits per heavy atom. The molecule has 1 rings (SSSR count). The average molecular weight is 318 g/mol. The van der Waals surface area contributed by atoms with E-state index in [-0.39, 0.29) is 10.6 Å². The van der Waals surface area contributed by atoms with Crippen LogP contribution in [-0.2, 0) is 9.59 Å². The summed E-state index contributed by atoms with van der Waals surface area (Å²) in [7, 11) is 1.39. The van der Waals surface area contributed by atoms with Crippen LogP contribution in [0.4, 0.5) is 0 Å². The number of carboxylic acids is 2. The Bertz CT molecular complexity index is 561. The molecule has 0 fully saturated rings. The molecule has 0 amide bonds. The molecule has 0 heterocycles. The van der Waals surface area contributed by atoms with Crippen LogP contribution in [0.2, 0.25) is 5.02 Å². The summed E-state index contributed by atoms with van der Waals surface area (Å²) in [6.07, 6.45) is 0. The second-order valence-electron chi connectivity index (χ2n) is 4.16. The zero-order chi connectivity index (χ0) is 16.2. The molecule has 0 saturated heterocycles. The van der Waals surface area contributed by atoms with Crippen LogP contribution in [0.3, 0.4) is 0 Å². The minimum atomic E-state index is -1.97. The molecule has 0 aliphatic carbocycles. The fraction of sp³-hybridized carbons (Fsp3) is 0.333. The lowest BCUT2D eigenvalue weighted by Crippen LogP contribution is -2.33. The molecule has 1 atom stereocenters. The Hall–Kier alpha value is -2.35. The summed E-state index contributed by atoms with van der Waals surface area (Å²) in [5, 5.41) is 28.7. The van der Waals surface area contributed by atoms with Crippen molar-refractivity contribution in [1.82, 2.24) is 0 Å². The Morgan fingerprint density at radius 1 is 1.38 bits per heavy atom. The standard InChI is InChI=1S/C12H12ClNO7/c1-21-6-2-3-7(9(13)4-6)8(5-14(19)20)10(11(15)16)12(17)18/h2-4,8,10H,5H2,1H3,(H,15,16)(H,17,18)/t8-/m0/s1. The first kappa shape index (κ1) is 16.7. The van der Waals surface area contributed by atoms with Gasteiger partial charge in [0.15, 0.2) is 5.92 Å². The molecular weight excluding hydrogens is 306 g/mol. The van der Waals surface area contributed by atoms with E-state index in [1.54, 1.807) is 0 Å². The van der Waals surface area contributed by atoms with Gasteiger partial charge in [-0.1, -0.05) is 17.7 Å². The molecule has 0 unspecified atom stereocenters. The summed E-state index contributed by atoms with van der Waals surface area (Å²) in [5.41, 5.74) is 0.0731. The Labute approximate surface area is 124 Å². The average Bonchev–Trinajstić information content (AvgIpc) is 2.36. The van der Waals surface area contributed by atoms with E-state index in [0.29, 0.717) is 5.75 Å². The maximum Gasteiger partial charge on any atom is 0.318 e. The molecule has 0 saturated carbocycles. The largest absolute Gasteiger partial charge is 0.497 e. The molecular formula is C12H12ClNO7. The molecule has 9 heteroatoms. The van der Waals surface area contributed by atoms with E-state index in [9.17, 15) is 19.7 Å². The summed E-state index contributed by atoms with van der Waals surface area (Å²) in [5.74, 6) is -6.33. The number of nitro groups is 1. The topological polar surface area (TPSA) is 127 Å². The van der Waals surface area contributed by atoms with Crippen LogP contribution in [0, 0.1) is 16.0 Å². The van der Waals surface area contributed by atoms with Gasteiger partial charge in [-0.05, 0) is 17.7 Å². The Kier molecular flexibility index (Phi) is 5.48. The van der Waals surface area contributed by atoms with Gasteiger partial charge in [-0.2, -0.15) is 0 Å². The number of hydrogen-bond acceptors (Lipinski definition) is 5. The Morgan fingerprint density at radius 2 is 1.95 bits per heavy atom. The summed E-state index contributed by atoms with van der Waals surface area (Å²) in [6, 6.07) is 4.09. The maximum atomic E-state index is 11.1. The van der Waals surface area contributed by atoms with Crippen molar-refractivity contribution in [2.24, 2.45) is 5.92 Å². The summed E-state index contributed by atoms with van der Waals surface area (Å²) >= 11 is 5.95. The van der Waals surface area contributed by atoms with Gasteiger partial charge in [-0.25, -0.2) is 0 Å². The number of benzene rings is 1. The lowest BCUT2D eigenvalue weighted by atomic mass is 9.86. The van der Waals surface area contributed by atoms with Gasteiger partial charge in [0.2, 0.25) is 6.54 Å². The number of nitrogens with zero attached hydrogens (tertiary/aromatic N) is 1. The van der Waals surface area contributed by atoms with E-state index >= 15 is 0 Å². The molecule has 21 heavy (non-hydrogen) atoms. The van der Waals surface area contributed by atoms with Crippen molar-refractivity contribution in [2.45, 2.75) is 5.92 Å². The van der Waals surface area contributed by atoms with Crippen LogP contribution >= 0.6 is 11.6 Å². The van der Waals surface area contributed by atoms with Gasteiger partial charge in [0, 0.05) is 9.95 Å². The normalized spacial score (nSPS) is 12.0. The second-order valence-corrected chi connectivity index (χ2v) is 4.57. The van der Waals surface area contributed by atoms with Gasteiger partial charge in [-0.15, -0.1) is 0 Å². The van der Waals surface area contributed by atoms with Crippen LogP contribution in [-0.4, -0.2) is 40.7 Å². The molecule has 2 N–H and O–H groups in total. The van der Waals surface area contributed by atoms with Crippen LogP contribution in [0.25, 0.3) is 0 Å². The predicted octanol–water partition coefficient (Wildman–Crippen LogP) is 1.49. The van der Waals surface area contributed by atoms with Crippen LogP contribution in [0.15, 0.2) is 18.2 Å². The molecule has 1 aromatic carbocycles. The van der Waals surface area contributed by atoms with Gasteiger partial charge in [-0.3, -0.25) is 19.7 Å². The quantitative estimate of drug-likeness (QED) is 0.443. The van der Waals surface area contributed by atoms with Gasteiger partial charge in [0.25, 0.3) is 0 Å². The van der Waals surface area contributed by atoms with Crippen LogP contribution < -0.4 is 4.74 Å². The first-order chi connectivity index (χ1) is 9.77. The van der Waals surface area contributed by atoms with Crippen molar-refractivity contribution < 1.29 is 29.5 Å². The molecule has 0 aliphatic rings. The molecule has 8 nitrogen and oxygen atoms in total. The van der Waals surface area contributed by atoms with Crippen molar-refractivity contribution >= 4 is 23.5 Å². The smallest absolute Gasteiger partial charge is 0.318 e. The molecule has 0 bridgehead atoms. The van der Waals surface area contributed by atoms with E-state index < -0.39 is 35.2 Å². The fourth-order valence-corrected chi connectivity index (χ4v) is 2.24. The Balaban J connectivity index is 3.33. The van der Waals surface area contributed by atoms with Gasteiger partial charge in [0.1, 0.15) is 5.75 Å².